The van der Waals surface area contributed by atoms with Crippen molar-refractivity contribution < 1.29 is 33.3 Å². The van der Waals surface area contributed by atoms with Crippen molar-refractivity contribution in [2.75, 3.05) is 25.6 Å². The molecule has 1 N–H and O–H groups in total. The number of rotatable bonds is 13. The van der Waals surface area contributed by atoms with E-state index in [-0.39, 0.29) is 13.2 Å². The zero-order chi connectivity index (χ0) is 35.0. The van der Waals surface area contributed by atoms with Crippen LogP contribution < -0.4 is 14.8 Å². The van der Waals surface area contributed by atoms with Crippen LogP contribution in [0.1, 0.15) is 49.5 Å². The average molecular weight is 703 g/mol. The number of hydrogen-bond acceptors (Lipinski definition) is 9. The number of carbonyl (C=O) groups excluding carboxylic acids is 3. The van der Waals surface area contributed by atoms with E-state index >= 15 is 0 Å². The molecule has 1 saturated heterocycles. The Balaban J connectivity index is 1.49. The lowest BCUT2D eigenvalue weighted by Gasteiger charge is -2.32. The van der Waals surface area contributed by atoms with E-state index < -0.39 is 40.9 Å². The number of ether oxygens (including phenoxy) is 4. The number of hydrogen-bond donors (Lipinski definition) is 1. The molecular formula is C38H39ClN2O7S. The molecule has 0 spiro atoms. The normalized spacial score (nSPS) is 15.6. The Morgan fingerprint density at radius 1 is 0.939 bits per heavy atom. The predicted octanol–water partition coefficient (Wildman–Crippen LogP) is 8.24. The Labute approximate surface area is 295 Å². The SMILES string of the molecule is COc1ccc(CSC(C(=O)N2C(=O)OCC2c2ccccc2)C(Nc2ccc(Cl)cc2)c2ccc(OCC(=O)OC(C)(C)C)cc2)cc1. The number of anilines is 1. The standard InChI is InChI=1S/C38H39ClN2O7S/c1-38(2,3)48-33(42)23-46-31-20-12-27(13-21-31)34(40-29-16-14-28(39)15-17-29)35(49-24-25-10-18-30(45-4)19-11-25)36(43)41-32(22-47-37(41)44)26-8-6-5-7-9-26/h5-21,32,34-35,40H,22-24H2,1-4H3. The Morgan fingerprint density at radius 3 is 2.22 bits per heavy atom. The summed E-state index contributed by atoms with van der Waals surface area (Å²) < 4.78 is 21.8. The molecule has 4 aromatic carbocycles. The highest BCUT2D eigenvalue weighted by molar-refractivity contribution is 7.99. The Morgan fingerprint density at radius 2 is 1.59 bits per heavy atom. The second-order valence-electron chi connectivity index (χ2n) is 12.4. The van der Waals surface area contributed by atoms with Gasteiger partial charge in [0, 0.05) is 16.5 Å². The van der Waals surface area contributed by atoms with Crippen molar-refractivity contribution >= 4 is 47.0 Å². The minimum absolute atomic E-state index is 0.0589. The van der Waals surface area contributed by atoms with Gasteiger partial charge in [-0.25, -0.2) is 14.5 Å². The number of halogens is 1. The van der Waals surface area contributed by atoms with Crippen LogP contribution in [-0.4, -0.2) is 54.0 Å². The third-order valence-electron chi connectivity index (χ3n) is 7.61. The summed E-state index contributed by atoms with van der Waals surface area (Å²) in [6.45, 7) is 5.19. The number of thioether (sulfide) groups is 1. The van der Waals surface area contributed by atoms with Crippen molar-refractivity contribution in [2.45, 2.75) is 49.5 Å². The molecule has 5 rings (SSSR count). The van der Waals surface area contributed by atoms with Crippen LogP contribution in [0.2, 0.25) is 5.02 Å². The van der Waals surface area contributed by atoms with Crippen LogP contribution in [0.4, 0.5) is 10.5 Å². The summed E-state index contributed by atoms with van der Waals surface area (Å²) in [5.41, 5.74) is 2.63. The van der Waals surface area contributed by atoms with Crippen molar-refractivity contribution in [1.29, 1.82) is 0 Å². The van der Waals surface area contributed by atoms with E-state index in [0.717, 1.165) is 28.1 Å². The fourth-order valence-corrected chi connectivity index (χ4v) is 6.65. The molecular weight excluding hydrogens is 664 g/mol. The number of cyclic esters (lactones) is 1. The van der Waals surface area contributed by atoms with Gasteiger partial charge >= 0.3 is 12.1 Å². The highest BCUT2D eigenvalue weighted by Crippen LogP contribution is 2.38. The largest absolute Gasteiger partial charge is 0.497 e. The minimum Gasteiger partial charge on any atom is -0.497 e. The summed E-state index contributed by atoms with van der Waals surface area (Å²) >= 11 is 7.61. The third kappa shape index (κ3) is 9.70. The molecule has 49 heavy (non-hydrogen) atoms. The van der Waals surface area contributed by atoms with Gasteiger partial charge in [-0.15, -0.1) is 11.8 Å². The van der Waals surface area contributed by atoms with E-state index in [9.17, 15) is 14.4 Å². The second kappa shape index (κ2) is 16.2. The molecule has 0 radical (unpaired) electrons. The zero-order valence-electron chi connectivity index (χ0n) is 27.8. The van der Waals surface area contributed by atoms with Crippen LogP contribution in [0.15, 0.2) is 103 Å². The van der Waals surface area contributed by atoms with Crippen LogP contribution in [0, 0.1) is 0 Å². The lowest BCUT2D eigenvalue weighted by Crippen LogP contribution is -2.44. The van der Waals surface area contributed by atoms with E-state index in [4.69, 9.17) is 30.5 Å². The summed E-state index contributed by atoms with van der Waals surface area (Å²) in [5.74, 6) is 0.773. The van der Waals surface area contributed by atoms with Gasteiger partial charge in [0.1, 0.15) is 35.0 Å². The zero-order valence-corrected chi connectivity index (χ0v) is 29.3. The second-order valence-corrected chi connectivity index (χ2v) is 13.9. The molecule has 1 aliphatic heterocycles. The molecule has 256 valence electrons. The highest BCUT2D eigenvalue weighted by Gasteiger charge is 2.44. The first kappa shape index (κ1) is 35.6. The molecule has 9 nitrogen and oxygen atoms in total. The number of esters is 1. The van der Waals surface area contributed by atoms with Gasteiger partial charge in [0.25, 0.3) is 0 Å². The number of amides is 2. The first-order valence-electron chi connectivity index (χ1n) is 15.8. The van der Waals surface area contributed by atoms with Crippen LogP contribution >= 0.6 is 23.4 Å². The smallest absolute Gasteiger partial charge is 0.417 e. The molecule has 3 atom stereocenters. The Bertz CT molecular complexity index is 1710. The highest BCUT2D eigenvalue weighted by atomic mass is 35.5. The number of imide groups is 1. The monoisotopic (exact) mass is 702 g/mol. The van der Waals surface area contributed by atoms with Crippen molar-refractivity contribution in [3.8, 4) is 11.5 Å². The fourth-order valence-electron chi connectivity index (χ4n) is 5.28. The number of nitrogens with zero attached hydrogens (tertiary/aromatic N) is 1. The lowest BCUT2D eigenvalue weighted by atomic mass is 10.00. The maximum absolute atomic E-state index is 14.7. The Hall–Kier alpha value is -4.67. The van der Waals surface area contributed by atoms with Crippen molar-refractivity contribution in [3.05, 3.63) is 125 Å². The molecule has 0 aromatic heterocycles. The fraction of sp³-hybridized carbons (Fsp3) is 0.289. The molecule has 11 heteroatoms. The molecule has 3 unspecified atom stereocenters. The summed E-state index contributed by atoms with van der Waals surface area (Å²) in [6.07, 6.45) is -0.690. The Kier molecular flexibility index (Phi) is 11.7. The molecule has 4 aromatic rings. The van der Waals surface area contributed by atoms with Crippen molar-refractivity contribution in [1.82, 2.24) is 4.90 Å². The molecule has 0 saturated carbocycles. The van der Waals surface area contributed by atoms with E-state index in [0.29, 0.717) is 16.5 Å². The molecule has 2 amide bonds. The van der Waals surface area contributed by atoms with Crippen LogP contribution in [0.3, 0.4) is 0 Å². The number of carbonyl (C=O) groups is 3. The van der Waals surface area contributed by atoms with Gasteiger partial charge in [0.2, 0.25) is 5.91 Å². The quantitative estimate of drug-likeness (QED) is 0.138. The summed E-state index contributed by atoms with van der Waals surface area (Å²) in [5, 5.41) is 3.30. The number of benzene rings is 4. The average Bonchev–Trinajstić information content (AvgIpc) is 3.49. The van der Waals surface area contributed by atoms with Crippen molar-refractivity contribution in [3.63, 3.8) is 0 Å². The molecule has 0 bridgehead atoms. The van der Waals surface area contributed by atoms with Crippen LogP contribution in [0.5, 0.6) is 11.5 Å². The topological polar surface area (TPSA) is 103 Å². The number of methoxy groups -OCH3 is 1. The molecule has 1 fully saturated rings. The van der Waals surface area contributed by atoms with Gasteiger partial charge in [-0.05, 0) is 86.0 Å². The van der Waals surface area contributed by atoms with Crippen LogP contribution in [0.25, 0.3) is 0 Å². The first-order chi connectivity index (χ1) is 23.5. The van der Waals surface area contributed by atoms with E-state index in [2.05, 4.69) is 5.32 Å². The third-order valence-corrected chi connectivity index (χ3v) is 9.20. The molecule has 0 aliphatic carbocycles. The van der Waals surface area contributed by atoms with E-state index in [1.165, 1.54) is 16.7 Å². The molecule has 1 aliphatic rings. The van der Waals surface area contributed by atoms with Crippen molar-refractivity contribution in [2.24, 2.45) is 0 Å². The summed E-state index contributed by atoms with van der Waals surface area (Å²) in [6, 6.07) is 30.2. The van der Waals surface area contributed by atoms with Gasteiger partial charge in [-0.1, -0.05) is 66.2 Å². The van der Waals surface area contributed by atoms with Gasteiger partial charge in [0.05, 0.1) is 13.2 Å². The van der Waals surface area contributed by atoms with E-state index in [1.807, 2.05) is 78.9 Å². The first-order valence-corrected chi connectivity index (χ1v) is 17.2. The van der Waals surface area contributed by atoms with Gasteiger partial charge in [-0.3, -0.25) is 4.79 Å². The number of nitrogens with one attached hydrogen (secondary N) is 1. The lowest BCUT2D eigenvalue weighted by molar-refractivity contribution is -0.157. The van der Waals surface area contributed by atoms with Gasteiger partial charge in [0.15, 0.2) is 6.61 Å². The van der Waals surface area contributed by atoms with Gasteiger partial charge in [-0.2, -0.15) is 0 Å². The van der Waals surface area contributed by atoms with Crippen LogP contribution in [-0.2, 0) is 24.8 Å². The van der Waals surface area contributed by atoms with E-state index in [1.54, 1.807) is 52.1 Å². The molecule has 1 heterocycles. The maximum Gasteiger partial charge on any atom is 0.417 e. The van der Waals surface area contributed by atoms with Gasteiger partial charge < -0.3 is 24.3 Å². The maximum atomic E-state index is 14.7. The minimum atomic E-state index is -0.803. The predicted molar refractivity (Wildman–Crippen MR) is 191 cm³/mol. The summed E-state index contributed by atoms with van der Waals surface area (Å²) in [4.78, 5) is 41.4. The summed E-state index contributed by atoms with van der Waals surface area (Å²) in [7, 11) is 1.61.